The van der Waals surface area contributed by atoms with Gasteiger partial charge in [0.2, 0.25) is 0 Å². The van der Waals surface area contributed by atoms with Crippen LogP contribution in [0, 0.1) is 5.92 Å². The Morgan fingerprint density at radius 1 is 1.47 bits per heavy atom. The van der Waals surface area contributed by atoms with E-state index in [1.807, 2.05) is 18.7 Å². The van der Waals surface area contributed by atoms with Crippen LogP contribution in [0.5, 0.6) is 0 Å². The van der Waals surface area contributed by atoms with Crippen molar-refractivity contribution in [1.82, 2.24) is 5.32 Å². The van der Waals surface area contributed by atoms with Crippen LogP contribution in [-0.2, 0) is 9.53 Å². The summed E-state index contributed by atoms with van der Waals surface area (Å²) < 4.78 is 4.92. The molecule has 1 rings (SSSR count). The Balaban J connectivity index is 2.53. The largest absolute Gasteiger partial charge is 0.468 e. The Morgan fingerprint density at radius 2 is 2.06 bits per heavy atom. The van der Waals surface area contributed by atoms with Crippen LogP contribution in [0.4, 0.5) is 0 Å². The van der Waals surface area contributed by atoms with Gasteiger partial charge in [-0.25, -0.2) is 0 Å². The van der Waals surface area contributed by atoms with Crippen molar-refractivity contribution in [3.8, 4) is 0 Å². The summed E-state index contributed by atoms with van der Waals surface area (Å²) in [5, 5.41) is 3.97. The third kappa shape index (κ3) is 4.51. The second-order valence-corrected chi connectivity index (χ2v) is 6.87. The highest BCUT2D eigenvalue weighted by atomic mass is 32.2. The molecule has 0 aromatic heterocycles. The summed E-state index contributed by atoms with van der Waals surface area (Å²) in [4.78, 5) is 11.9. The number of nitrogens with one attached hydrogen (secondary N) is 1. The van der Waals surface area contributed by atoms with Gasteiger partial charge in [-0.3, -0.25) is 10.1 Å². The number of methoxy groups -OCH3 is 1. The second kappa shape index (κ2) is 6.10. The standard InChI is InChI=1S/C13H25NO2S/c1-9(2)10(3)17-8-13(4,12(15)16-5)14-11-6-7-11/h9-11,14H,6-8H2,1-5H3. The molecule has 0 spiro atoms. The highest BCUT2D eigenvalue weighted by Gasteiger charge is 2.39. The van der Waals surface area contributed by atoms with Gasteiger partial charge in [0.05, 0.1) is 7.11 Å². The Bertz CT molecular complexity index is 266. The number of carbonyl (C=O) groups excluding carboxylic acids is 1. The van der Waals surface area contributed by atoms with Crippen LogP contribution < -0.4 is 5.32 Å². The van der Waals surface area contributed by atoms with Crippen molar-refractivity contribution >= 4 is 17.7 Å². The molecule has 1 aliphatic carbocycles. The summed E-state index contributed by atoms with van der Waals surface area (Å²) >= 11 is 1.84. The van der Waals surface area contributed by atoms with E-state index >= 15 is 0 Å². The summed E-state index contributed by atoms with van der Waals surface area (Å²) in [5.41, 5.74) is -0.538. The summed E-state index contributed by atoms with van der Waals surface area (Å²) in [7, 11) is 1.46. The van der Waals surface area contributed by atoms with Crippen LogP contribution in [-0.4, -0.2) is 35.7 Å². The topological polar surface area (TPSA) is 38.3 Å². The zero-order valence-corrected chi connectivity index (χ0v) is 12.4. The third-order valence-corrected chi connectivity index (χ3v) is 5.12. The number of thioether (sulfide) groups is 1. The molecule has 17 heavy (non-hydrogen) atoms. The summed E-state index contributed by atoms with van der Waals surface area (Å²) in [6, 6.07) is 0.508. The fourth-order valence-corrected chi connectivity index (χ4v) is 2.74. The van der Waals surface area contributed by atoms with E-state index in [1.54, 1.807) is 0 Å². The SMILES string of the molecule is COC(=O)C(C)(CSC(C)C(C)C)NC1CC1. The van der Waals surface area contributed by atoms with Gasteiger partial charge in [0.25, 0.3) is 0 Å². The molecule has 4 heteroatoms. The van der Waals surface area contributed by atoms with Gasteiger partial charge in [0, 0.05) is 17.0 Å². The lowest BCUT2D eigenvalue weighted by Gasteiger charge is -2.29. The number of hydrogen-bond donors (Lipinski definition) is 1. The van der Waals surface area contributed by atoms with Crippen molar-refractivity contribution in [3.05, 3.63) is 0 Å². The Kier molecular flexibility index (Phi) is 5.32. The monoisotopic (exact) mass is 259 g/mol. The smallest absolute Gasteiger partial charge is 0.326 e. The van der Waals surface area contributed by atoms with Gasteiger partial charge in [-0.05, 0) is 25.7 Å². The van der Waals surface area contributed by atoms with Crippen LogP contribution in [0.15, 0.2) is 0 Å². The summed E-state index contributed by atoms with van der Waals surface area (Å²) in [5.74, 6) is 1.26. The maximum absolute atomic E-state index is 11.9. The van der Waals surface area contributed by atoms with Gasteiger partial charge in [-0.1, -0.05) is 20.8 Å². The van der Waals surface area contributed by atoms with E-state index < -0.39 is 5.54 Å². The highest BCUT2D eigenvalue weighted by molar-refractivity contribution is 8.00. The zero-order valence-electron chi connectivity index (χ0n) is 11.6. The van der Waals surface area contributed by atoms with Gasteiger partial charge >= 0.3 is 5.97 Å². The Labute approximate surface area is 109 Å². The number of ether oxygens (including phenoxy) is 1. The molecular formula is C13H25NO2S. The molecule has 2 unspecified atom stereocenters. The lowest BCUT2D eigenvalue weighted by molar-refractivity contribution is -0.147. The summed E-state index contributed by atoms with van der Waals surface area (Å²) in [6.07, 6.45) is 2.36. The molecule has 3 nitrogen and oxygen atoms in total. The van der Waals surface area contributed by atoms with Crippen molar-refractivity contribution in [2.45, 2.75) is 57.4 Å². The molecule has 1 N–H and O–H groups in total. The van der Waals surface area contributed by atoms with Crippen molar-refractivity contribution in [1.29, 1.82) is 0 Å². The maximum Gasteiger partial charge on any atom is 0.326 e. The predicted octanol–water partition coefficient (Wildman–Crippen LogP) is 2.45. The quantitative estimate of drug-likeness (QED) is 0.713. The molecule has 2 atom stereocenters. The first kappa shape index (κ1) is 14.8. The lowest BCUT2D eigenvalue weighted by Crippen LogP contribution is -2.53. The van der Waals surface area contributed by atoms with E-state index in [4.69, 9.17) is 4.74 Å². The van der Waals surface area contributed by atoms with Crippen LogP contribution >= 0.6 is 11.8 Å². The van der Waals surface area contributed by atoms with Crippen molar-refractivity contribution in [3.63, 3.8) is 0 Å². The van der Waals surface area contributed by atoms with Gasteiger partial charge in [0.15, 0.2) is 0 Å². The minimum Gasteiger partial charge on any atom is -0.468 e. The molecule has 1 aliphatic rings. The first-order valence-electron chi connectivity index (χ1n) is 6.36. The maximum atomic E-state index is 11.9. The minimum atomic E-state index is -0.538. The molecule has 1 saturated carbocycles. The van der Waals surface area contributed by atoms with E-state index in [2.05, 4.69) is 26.1 Å². The molecular weight excluding hydrogens is 234 g/mol. The fourth-order valence-electron chi connectivity index (χ4n) is 1.55. The number of hydrogen-bond acceptors (Lipinski definition) is 4. The Morgan fingerprint density at radius 3 is 2.47 bits per heavy atom. The molecule has 1 fully saturated rings. The van der Waals surface area contributed by atoms with Crippen molar-refractivity contribution < 1.29 is 9.53 Å². The Hall–Kier alpha value is -0.220. The lowest BCUT2D eigenvalue weighted by atomic mass is 10.1. The average Bonchev–Trinajstić information content (AvgIpc) is 3.08. The first-order valence-corrected chi connectivity index (χ1v) is 7.41. The minimum absolute atomic E-state index is 0.146. The average molecular weight is 259 g/mol. The van der Waals surface area contributed by atoms with Crippen LogP contribution in [0.2, 0.25) is 0 Å². The fraction of sp³-hybridized carbons (Fsp3) is 0.923. The highest BCUT2D eigenvalue weighted by Crippen LogP contribution is 2.28. The van der Waals surface area contributed by atoms with Gasteiger partial charge in [-0.15, -0.1) is 0 Å². The molecule has 0 amide bonds. The molecule has 0 heterocycles. The third-order valence-electron chi connectivity index (χ3n) is 3.31. The molecule has 0 saturated heterocycles. The van der Waals surface area contributed by atoms with Crippen molar-refractivity contribution in [2.75, 3.05) is 12.9 Å². The van der Waals surface area contributed by atoms with Gasteiger partial charge in [0.1, 0.15) is 5.54 Å². The van der Waals surface area contributed by atoms with Gasteiger partial charge < -0.3 is 4.74 Å². The molecule has 0 aliphatic heterocycles. The van der Waals surface area contributed by atoms with Crippen LogP contribution in [0.3, 0.4) is 0 Å². The molecule has 0 radical (unpaired) electrons. The number of rotatable bonds is 7. The van der Waals surface area contributed by atoms with Crippen LogP contribution in [0.1, 0.15) is 40.5 Å². The van der Waals surface area contributed by atoms with Crippen molar-refractivity contribution in [2.24, 2.45) is 5.92 Å². The molecule has 0 aromatic rings. The second-order valence-electron chi connectivity index (χ2n) is 5.50. The van der Waals surface area contributed by atoms with Gasteiger partial charge in [-0.2, -0.15) is 11.8 Å². The molecule has 0 aromatic carbocycles. The predicted molar refractivity (Wildman–Crippen MR) is 73.3 cm³/mol. The molecule has 0 bridgehead atoms. The van der Waals surface area contributed by atoms with E-state index in [0.717, 1.165) is 5.75 Å². The van der Waals surface area contributed by atoms with E-state index in [0.29, 0.717) is 17.2 Å². The summed E-state index contributed by atoms with van der Waals surface area (Å²) in [6.45, 7) is 8.59. The van der Waals surface area contributed by atoms with Crippen LogP contribution in [0.25, 0.3) is 0 Å². The van der Waals surface area contributed by atoms with E-state index in [1.165, 1.54) is 20.0 Å². The first-order chi connectivity index (χ1) is 7.89. The van der Waals surface area contributed by atoms with E-state index in [-0.39, 0.29) is 5.97 Å². The molecule has 100 valence electrons. The number of carbonyl (C=O) groups is 1. The number of esters is 1. The normalized spacial score (nSPS) is 21.1. The zero-order chi connectivity index (χ0) is 13.1. The van der Waals surface area contributed by atoms with E-state index in [9.17, 15) is 4.79 Å².